The molecule has 6 heteroatoms. The molecule has 0 rings (SSSR count). The summed E-state index contributed by atoms with van der Waals surface area (Å²) in [5, 5.41) is 0. The Morgan fingerprint density at radius 1 is 1.21 bits per heavy atom. The number of alkyl halides is 3. The molecular formula is C8H17F3N2O. The van der Waals surface area contributed by atoms with Crippen molar-refractivity contribution in [2.45, 2.75) is 12.6 Å². The van der Waals surface area contributed by atoms with E-state index in [-0.39, 0.29) is 6.54 Å². The van der Waals surface area contributed by atoms with E-state index in [4.69, 9.17) is 10.5 Å². The van der Waals surface area contributed by atoms with Gasteiger partial charge in [0.15, 0.2) is 0 Å². The maximum atomic E-state index is 11.8. The van der Waals surface area contributed by atoms with Gasteiger partial charge in [-0.2, -0.15) is 13.2 Å². The van der Waals surface area contributed by atoms with E-state index in [0.717, 1.165) is 0 Å². The summed E-state index contributed by atoms with van der Waals surface area (Å²) in [5.41, 5.74) is 5.17. The van der Waals surface area contributed by atoms with E-state index in [2.05, 4.69) is 0 Å². The van der Waals surface area contributed by atoms with Crippen LogP contribution < -0.4 is 5.73 Å². The number of hydrogen-bond acceptors (Lipinski definition) is 3. The molecule has 14 heavy (non-hydrogen) atoms. The van der Waals surface area contributed by atoms with Crippen molar-refractivity contribution in [3.05, 3.63) is 0 Å². The monoisotopic (exact) mass is 214 g/mol. The molecule has 0 saturated heterocycles. The Balaban J connectivity index is 3.32. The Bertz CT molecular complexity index is 141. The van der Waals surface area contributed by atoms with Crippen molar-refractivity contribution in [2.24, 2.45) is 5.73 Å². The molecule has 3 nitrogen and oxygen atoms in total. The van der Waals surface area contributed by atoms with Crippen molar-refractivity contribution >= 4 is 0 Å². The van der Waals surface area contributed by atoms with E-state index in [1.54, 1.807) is 11.9 Å². The lowest BCUT2D eigenvalue weighted by atomic mass is 10.4. The lowest BCUT2D eigenvalue weighted by molar-refractivity contribution is -0.137. The van der Waals surface area contributed by atoms with Crippen LogP contribution >= 0.6 is 0 Å². The second-order valence-electron chi connectivity index (χ2n) is 3.07. The molecule has 0 atom stereocenters. The van der Waals surface area contributed by atoms with Crippen LogP contribution in [0.5, 0.6) is 0 Å². The van der Waals surface area contributed by atoms with Gasteiger partial charge in [0, 0.05) is 19.6 Å². The Labute approximate surface area is 82.0 Å². The molecule has 0 aliphatic carbocycles. The van der Waals surface area contributed by atoms with E-state index in [1.807, 2.05) is 0 Å². The topological polar surface area (TPSA) is 38.5 Å². The summed E-state index contributed by atoms with van der Waals surface area (Å²) in [6, 6.07) is 0. The summed E-state index contributed by atoms with van der Waals surface area (Å²) in [7, 11) is 1.64. The van der Waals surface area contributed by atoms with Crippen molar-refractivity contribution in [1.82, 2.24) is 4.90 Å². The van der Waals surface area contributed by atoms with Gasteiger partial charge < -0.3 is 15.4 Å². The Morgan fingerprint density at radius 2 is 1.86 bits per heavy atom. The SMILES string of the molecule is CN(CCOCCN)CCC(F)(F)F. The van der Waals surface area contributed by atoms with Crippen molar-refractivity contribution in [3.63, 3.8) is 0 Å². The van der Waals surface area contributed by atoms with Gasteiger partial charge in [0.05, 0.1) is 19.6 Å². The highest BCUT2D eigenvalue weighted by molar-refractivity contribution is 4.56. The fraction of sp³-hybridized carbons (Fsp3) is 1.00. The molecule has 0 aromatic heterocycles. The molecule has 0 bridgehead atoms. The van der Waals surface area contributed by atoms with Gasteiger partial charge in [0.25, 0.3) is 0 Å². The molecule has 0 aromatic carbocycles. The number of ether oxygens (including phenoxy) is 1. The lowest BCUT2D eigenvalue weighted by Gasteiger charge is -2.17. The average Bonchev–Trinajstić information content (AvgIpc) is 2.08. The third-order valence-corrected chi connectivity index (χ3v) is 1.66. The van der Waals surface area contributed by atoms with E-state index in [0.29, 0.717) is 26.3 Å². The summed E-state index contributed by atoms with van der Waals surface area (Å²) in [4.78, 5) is 1.59. The molecule has 0 fully saturated rings. The summed E-state index contributed by atoms with van der Waals surface area (Å²) in [6.45, 7) is 1.82. The smallest absolute Gasteiger partial charge is 0.379 e. The molecule has 86 valence electrons. The number of hydrogen-bond donors (Lipinski definition) is 1. The quantitative estimate of drug-likeness (QED) is 0.638. The van der Waals surface area contributed by atoms with Gasteiger partial charge in [-0.15, -0.1) is 0 Å². The van der Waals surface area contributed by atoms with Crippen molar-refractivity contribution in [2.75, 3.05) is 39.9 Å². The molecule has 0 saturated carbocycles. The van der Waals surface area contributed by atoms with Gasteiger partial charge in [-0.3, -0.25) is 0 Å². The highest BCUT2D eigenvalue weighted by Gasteiger charge is 2.26. The fourth-order valence-corrected chi connectivity index (χ4v) is 0.835. The second kappa shape index (κ2) is 7.03. The number of halogens is 3. The standard InChI is InChI=1S/C8H17F3N2O/c1-13(4-2-8(9,10)11)5-7-14-6-3-12/h2-7,12H2,1H3. The predicted octanol–water partition coefficient (Wildman–Crippen LogP) is 0.846. The molecule has 0 radical (unpaired) electrons. The highest BCUT2D eigenvalue weighted by atomic mass is 19.4. The minimum atomic E-state index is -4.08. The Kier molecular flexibility index (Phi) is 6.86. The van der Waals surface area contributed by atoms with Crippen molar-refractivity contribution in [1.29, 1.82) is 0 Å². The number of nitrogens with zero attached hydrogens (tertiary/aromatic N) is 1. The molecule has 0 aliphatic rings. The number of likely N-dealkylation sites (N-methyl/N-ethyl adjacent to an activating group) is 1. The molecule has 0 unspecified atom stereocenters. The summed E-state index contributed by atoms with van der Waals surface area (Å²) in [5.74, 6) is 0. The van der Waals surface area contributed by atoms with Gasteiger partial charge in [0.1, 0.15) is 0 Å². The maximum Gasteiger partial charge on any atom is 0.390 e. The summed E-state index contributed by atoms with van der Waals surface area (Å²) in [6.07, 6.45) is -4.85. The van der Waals surface area contributed by atoms with Crippen LogP contribution in [0.25, 0.3) is 0 Å². The van der Waals surface area contributed by atoms with Crippen LogP contribution in [-0.4, -0.2) is 51.0 Å². The zero-order valence-corrected chi connectivity index (χ0v) is 8.31. The Morgan fingerprint density at radius 3 is 2.36 bits per heavy atom. The third kappa shape index (κ3) is 9.76. The van der Waals surface area contributed by atoms with E-state index in [1.165, 1.54) is 0 Å². The first-order chi connectivity index (χ1) is 6.45. The van der Waals surface area contributed by atoms with Gasteiger partial charge in [-0.25, -0.2) is 0 Å². The molecule has 0 aliphatic heterocycles. The fourth-order valence-electron chi connectivity index (χ4n) is 0.835. The molecular weight excluding hydrogens is 197 g/mol. The first-order valence-electron chi connectivity index (χ1n) is 4.49. The minimum Gasteiger partial charge on any atom is -0.379 e. The first-order valence-corrected chi connectivity index (χ1v) is 4.49. The predicted molar refractivity (Wildman–Crippen MR) is 48.0 cm³/mol. The second-order valence-corrected chi connectivity index (χ2v) is 3.07. The number of nitrogens with two attached hydrogens (primary N) is 1. The first kappa shape index (κ1) is 13.7. The number of rotatable bonds is 7. The van der Waals surface area contributed by atoms with E-state index < -0.39 is 12.6 Å². The van der Waals surface area contributed by atoms with Crippen LogP contribution in [0.1, 0.15) is 6.42 Å². The largest absolute Gasteiger partial charge is 0.390 e. The molecule has 0 aromatic rings. The van der Waals surface area contributed by atoms with Crippen LogP contribution in [0, 0.1) is 0 Å². The van der Waals surface area contributed by atoms with Crippen molar-refractivity contribution < 1.29 is 17.9 Å². The minimum absolute atomic E-state index is 0.00941. The van der Waals surface area contributed by atoms with Crippen LogP contribution in [0.3, 0.4) is 0 Å². The average molecular weight is 214 g/mol. The zero-order valence-electron chi connectivity index (χ0n) is 8.31. The summed E-state index contributed by atoms with van der Waals surface area (Å²) >= 11 is 0. The van der Waals surface area contributed by atoms with Crippen molar-refractivity contribution in [3.8, 4) is 0 Å². The van der Waals surface area contributed by atoms with Gasteiger partial charge in [0.2, 0.25) is 0 Å². The van der Waals surface area contributed by atoms with Gasteiger partial charge in [-0.05, 0) is 7.05 Å². The zero-order chi connectivity index (χ0) is 11.0. The summed E-state index contributed by atoms with van der Waals surface area (Å²) < 4.78 is 40.4. The van der Waals surface area contributed by atoms with Crippen LogP contribution in [-0.2, 0) is 4.74 Å². The van der Waals surface area contributed by atoms with E-state index in [9.17, 15) is 13.2 Å². The third-order valence-electron chi connectivity index (χ3n) is 1.66. The normalized spacial score (nSPS) is 12.4. The van der Waals surface area contributed by atoms with E-state index >= 15 is 0 Å². The highest BCUT2D eigenvalue weighted by Crippen LogP contribution is 2.19. The maximum absolute atomic E-state index is 11.8. The van der Waals surface area contributed by atoms with Crippen LogP contribution in [0.2, 0.25) is 0 Å². The van der Waals surface area contributed by atoms with Crippen LogP contribution in [0.4, 0.5) is 13.2 Å². The molecule has 2 N–H and O–H groups in total. The molecule has 0 spiro atoms. The molecule has 0 amide bonds. The Hall–Kier alpha value is -0.330. The van der Waals surface area contributed by atoms with Crippen LogP contribution in [0.15, 0.2) is 0 Å². The van der Waals surface area contributed by atoms with Gasteiger partial charge >= 0.3 is 6.18 Å². The molecule has 0 heterocycles. The van der Waals surface area contributed by atoms with Gasteiger partial charge in [-0.1, -0.05) is 0 Å². The lowest BCUT2D eigenvalue weighted by Crippen LogP contribution is -2.28.